The number of amides is 4. The fourth-order valence-electron chi connectivity index (χ4n) is 2.89. The SMILES string of the molecule is COc1ccc(C)cc1NC(=O)C1CNC(=O)N(c2ccc(C)cc2)C1=O. The van der Waals surface area contributed by atoms with Gasteiger partial charge in [-0.3, -0.25) is 9.59 Å². The van der Waals surface area contributed by atoms with E-state index in [0.717, 1.165) is 16.0 Å². The zero-order chi connectivity index (χ0) is 19.6. The van der Waals surface area contributed by atoms with Gasteiger partial charge in [-0.05, 0) is 43.7 Å². The molecule has 0 aromatic heterocycles. The van der Waals surface area contributed by atoms with Gasteiger partial charge >= 0.3 is 6.03 Å². The number of nitrogens with one attached hydrogen (secondary N) is 2. The van der Waals surface area contributed by atoms with Crippen LogP contribution in [0.25, 0.3) is 0 Å². The van der Waals surface area contributed by atoms with Gasteiger partial charge in [0, 0.05) is 6.54 Å². The summed E-state index contributed by atoms with van der Waals surface area (Å²) in [4.78, 5) is 38.8. The molecule has 2 aromatic rings. The molecule has 1 heterocycles. The number of rotatable bonds is 4. The highest BCUT2D eigenvalue weighted by atomic mass is 16.5. The third-order valence-electron chi connectivity index (χ3n) is 4.40. The van der Waals surface area contributed by atoms with Crippen molar-refractivity contribution >= 4 is 29.2 Å². The lowest BCUT2D eigenvalue weighted by molar-refractivity contribution is -0.130. The van der Waals surface area contributed by atoms with E-state index in [1.165, 1.54) is 7.11 Å². The van der Waals surface area contributed by atoms with E-state index in [1.807, 2.05) is 19.9 Å². The molecule has 27 heavy (non-hydrogen) atoms. The van der Waals surface area contributed by atoms with Crippen LogP contribution in [0.4, 0.5) is 16.2 Å². The van der Waals surface area contributed by atoms with Crippen LogP contribution in [-0.2, 0) is 9.59 Å². The fourth-order valence-corrected chi connectivity index (χ4v) is 2.89. The van der Waals surface area contributed by atoms with Crippen molar-refractivity contribution in [2.24, 2.45) is 5.92 Å². The Morgan fingerprint density at radius 3 is 2.44 bits per heavy atom. The van der Waals surface area contributed by atoms with E-state index in [2.05, 4.69) is 10.6 Å². The second kappa shape index (κ2) is 7.49. The zero-order valence-electron chi connectivity index (χ0n) is 15.4. The lowest BCUT2D eigenvalue weighted by atomic mass is 10.0. The van der Waals surface area contributed by atoms with Gasteiger partial charge in [-0.2, -0.15) is 0 Å². The maximum Gasteiger partial charge on any atom is 0.328 e. The molecule has 0 bridgehead atoms. The molecule has 1 fully saturated rings. The first-order valence-corrected chi connectivity index (χ1v) is 8.54. The van der Waals surface area contributed by atoms with Gasteiger partial charge in [0.1, 0.15) is 11.7 Å². The molecule has 1 saturated heterocycles. The summed E-state index contributed by atoms with van der Waals surface area (Å²) >= 11 is 0. The van der Waals surface area contributed by atoms with Crippen LogP contribution in [0.3, 0.4) is 0 Å². The molecule has 0 spiro atoms. The molecular weight excluding hydrogens is 346 g/mol. The zero-order valence-corrected chi connectivity index (χ0v) is 15.4. The number of aryl methyl sites for hydroxylation is 2. The molecule has 1 unspecified atom stereocenters. The number of ether oxygens (including phenoxy) is 1. The minimum Gasteiger partial charge on any atom is -0.495 e. The largest absolute Gasteiger partial charge is 0.495 e. The molecule has 7 heteroatoms. The highest BCUT2D eigenvalue weighted by molar-refractivity contribution is 6.23. The van der Waals surface area contributed by atoms with Crippen LogP contribution >= 0.6 is 0 Å². The Labute approximate surface area is 157 Å². The van der Waals surface area contributed by atoms with Gasteiger partial charge in [-0.25, -0.2) is 9.69 Å². The Hall–Kier alpha value is -3.35. The number of carbonyl (C=O) groups excluding carboxylic acids is 3. The van der Waals surface area contributed by atoms with Crippen molar-refractivity contribution in [3.05, 3.63) is 53.6 Å². The Kier molecular flexibility index (Phi) is 5.12. The second-order valence-electron chi connectivity index (χ2n) is 6.44. The molecule has 0 aliphatic carbocycles. The molecule has 0 saturated carbocycles. The standard InChI is InChI=1S/C20H21N3O4/c1-12-4-7-14(8-5-12)23-19(25)15(11-21-20(23)26)18(24)22-16-10-13(2)6-9-17(16)27-3/h4-10,15H,11H2,1-3H3,(H,21,26)(H,22,24). The van der Waals surface area contributed by atoms with Crippen LogP contribution in [0.15, 0.2) is 42.5 Å². The van der Waals surface area contributed by atoms with Crippen LogP contribution in [0, 0.1) is 19.8 Å². The van der Waals surface area contributed by atoms with Crippen molar-refractivity contribution in [3.63, 3.8) is 0 Å². The summed E-state index contributed by atoms with van der Waals surface area (Å²) in [6.07, 6.45) is 0. The second-order valence-corrected chi connectivity index (χ2v) is 6.44. The lowest BCUT2D eigenvalue weighted by Crippen LogP contribution is -2.58. The number of benzene rings is 2. The van der Waals surface area contributed by atoms with E-state index >= 15 is 0 Å². The van der Waals surface area contributed by atoms with Crippen molar-refractivity contribution in [2.75, 3.05) is 23.9 Å². The Morgan fingerprint density at radius 2 is 1.78 bits per heavy atom. The van der Waals surface area contributed by atoms with E-state index in [0.29, 0.717) is 17.1 Å². The molecule has 2 aromatic carbocycles. The van der Waals surface area contributed by atoms with E-state index in [4.69, 9.17) is 4.74 Å². The number of hydrogen-bond acceptors (Lipinski definition) is 4. The van der Waals surface area contributed by atoms with E-state index < -0.39 is 23.8 Å². The third kappa shape index (κ3) is 3.76. The Balaban J connectivity index is 1.83. The number of carbonyl (C=O) groups is 3. The molecular formula is C20H21N3O4. The number of imide groups is 1. The van der Waals surface area contributed by atoms with Crippen molar-refractivity contribution in [3.8, 4) is 5.75 Å². The van der Waals surface area contributed by atoms with Crippen molar-refractivity contribution in [1.82, 2.24) is 5.32 Å². The van der Waals surface area contributed by atoms with Gasteiger partial charge in [0.15, 0.2) is 0 Å². The average Bonchev–Trinajstić information content (AvgIpc) is 2.63. The van der Waals surface area contributed by atoms with Gasteiger partial charge in [0.2, 0.25) is 11.8 Å². The first-order chi connectivity index (χ1) is 12.9. The molecule has 1 atom stereocenters. The summed E-state index contributed by atoms with van der Waals surface area (Å²) in [5, 5.41) is 5.34. The summed E-state index contributed by atoms with van der Waals surface area (Å²) in [5.41, 5.74) is 2.85. The van der Waals surface area contributed by atoms with Crippen molar-refractivity contribution in [2.45, 2.75) is 13.8 Å². The normalized spacial score (nSPS) is 16.7. The van der Waals surface area contributed by atoms with Crippen LogP contribution in [-0.4, -0.2) is 31.5 Å². The Bertz CT molecular complexity index is 893. The van der Waals surface area contributed by atoms with Gasteiger partial charge in [0.25, 0.3) is 0 Å². The minimum absolute atomic E-state index is 0.0556. The van der Waals surface area contributed by atoms with Crippen LogP contribution in [0.5, 0.6) is 5.75 Å². The first kappa shape index (κ1) is 18.4. The summed E-state index contributed by atoms with van der Waals surface area (Å²) in [7, 11) is 1.51. The highest BCUT2D eigenvalue weighted by Gasteiger charge is 2.39. The number of anilines is 2. The molecule has 1 aliphatic heterocycles. The topological polar surface area (TPSA) is 87.7 Å². The molecule has 140 valence electrons. The molecule has 1 aliphatic rings. The maximum atomic E-state index is 12.8. The van der Waals surface area contributed by atoms with Crippen molar-refractivity contribution in [1.29, 1.82) is 0 Å². The fraction of sp³-hybridized carbons (Fsp3) is 0.250. The molecule has 4 amide bonds. The van der Waals surface area contributed by atoms with Gasteiger partial charge in [-0.1, -0.05) is 23.8 Å². The van der Waals surface area contributed by atoms with Crippen molar-refractivity contribution < 1.29 is 19.1 Å². The van der Waals surface area contributed by atoms with E-state index in [9.17, 15) is 14.4 Å². The van der Waals surface area contributed by atoms with Crippen LogP contribution < -0.4 is 20.3 Å². The molecule has 2 N–H and O–H groups in total. The molecule has 7 nitrogen and oxygen atoms in total. The maximum absolute atomic E-state index is 12.8. The highest BCUT2D eigenvalue weighted by Crippen LogP contribution is 2.27. The number of hydrogen-bond donors (Lipinski definition) is 2. The summed E-state index contributed by atoms with van der Waals surface area (Å²) < 4.78 is 5.25. The Morgan fingerprint density at radius 1 is 1.11 bits per heavy atom. The first-order valence-electron chi connectivity index (χ1n) is 8.54. The van der Waals surface area contributed by atoms with Gasteiger partial charge in [0.05, 0.1) is 18.5 Å². The monoisotopic (exact) mass is 367 g/mol. The number of urea groups is 1. The van der Waals surface area contributed by atoms with Crippen LogP contribution in [0.2, 0.25) is 0 Å². The summed E-state index contributed by atoms with van der Waals surface area (Å²) in [5.74, 6) is -1.60. The van der Waals surface area contributed by atoms with Gasteiger partial charge < -0.3 is 15.4 Å². The average molecular weight is 367 g/mol. The molecule has 0 radical (unpaired) electrons. The minimum atomic E-state index is -1.03. The van der Waals surface area contributed by atoms with Crippen LogP contribution in [0.1, 0.15) is 11.1 Å². The lowest BCUT2D eigenvalue weighted by Gasteiger charge is -2.30. The number of nitrogens with zero attached hydrogens (tertiary/aromatic N) is 1. The third-order valence-corrected chi connectivity index (χ3v) is 4.40. The smallest absolute Gasteiger partial charge is 0.328 e. The quantitative estimate of drug-likeness (QED) is 0.813. The summed E-state index contributed by atoms with van der Waals surface area (Å²) in [6.45, 7) is 3.74. The number of methoxy groups -OCH3 is 1. The predicted octanol–water partition coefficient (Wildman–Crippen LogP) is 2.62. The predicted molar refractivity (Wildman–Crippen MR) is 102 cm³/mol. The molecule has 3 rings (SSSR count). The summed E-state index contributed by atoms with van der Waals surface area (Å²) in [6, 6.07) is 11.8. The van der Waals surface area contributed by atoms with E-state index in [1.54, 1.807) is 36.4 Å². The van der Waals surface area contributed by atoms with Gasteiger partial charge in [-0.15, -0.1) is 0 Å². The van der Waals surface area contributed by atoms with E-state index in [-0.39, 0.29) is 6.54 Å².